The number of nitrogens with zero attached hydrogens (tertiary/aromatic N) is 1. The summed E-state index contributed by atoms with van der Waals surface area (Å²) < 4.78 is 4.94. The molecule has 0 amide bonds. The Labute approximate surface area is 230 Å². The second-order valence-corrected chi connectivity index (χ2v) is 13.8. The van der Waals surface area contributed by atoms with Crippen molar-refractivity contribution in [1.82, 2.24) is 0 Å². The van der Waals surface area contributed by atoms with E-state index in [4.69, 9.17) is 4.74 Å². The van der Waals surface area contributed by atoms with E-state index in [0.29, 0.717) is 0 Å². The topological polar surface area (TPSA) is 23.3 Å². The Kier molecular flexibility index (Phi) is 17.8. The van der Waals surface area contributed by atoms with E-state index >= 15 is 0 Å². The van der Waals surface area contributed by atoms with Crippen molar-refractivity contribution in [2.24, 2.45) is 0 Å². The molecule has 34 heavy (non-hydrogen) atoms. The first kappa shape index (κ1) is 31.2. The Balaban J connectivity index is 0.000000290. The van der Waals surface area contributed by atoms with Crippen LogP contribution in [0.25, 0.3) is 5.32 Å². The summed E-state index contributed by atoms with van der Waals surface area (Å²) in [6.07, 6.45) is 22.6. The molecule has 1 aliphatic heterocycles. The van der Waals surface area contributed by atoms with Gasteiger partial charge < -0.3 is 10.1 Å². The average Bonchev–Trinajstić information content (AvgIpc) is 3.65. The first-order valence-electron chi connectivity index (χ1n) is 11.7. The molecule has 176 valence electrons. The van der Waals surface area contributed by atoms with Gasteiger partial charge in [-0.1, -0.05) is 55.2 Å². The average molecular weight is 547 g/mol. The van der Waals surface area contributed by atoms with Crippen LogP contribution in [0.4, 0.5) is 5.69 Å². The van der Waals surface area contributed by atoms with Crippen LogP contribution in [0.1, 0.15) is 18.4 Å². The third-order valence-corrected chi connectivity index (χ3v) is 6.90. The minimum Gasteiger partial charge on any atom is -0.722 e. The molecule has 0 spiro atoms. The van der Waals surface area contributed by atoms with Gasteiger partial charge in [-0.2, -0.15) is 12.1 Å². The molecule has 1 saturated heterocycles. The summed E-state index contributed by atoms with van der Waals surface area (Å²) >= 11 is 0. The van der Waals surface area contributed by atoms with Crippen LogP contribution in [0.5, 0.6) is 0 Å². The minimum absolute atomic E-state index is 0. The summed E-state index contributed by atoms with van der Waals surface area (Å²) in [4.78, 5) is 0. The first-order valence-corrected chi connectivity index (χ1v) is 15.2. The second kappa shape index (κ2) is 19.4. The smallest absolute Gasteiger partial charge is 0.722 e. The summed E-state index contributed by atoms with van der Waals surface area (Å²) in [5, 5.41) is 5.94. The molecule has 2 aromatic rings. The SMILES string of the molecule is C1CCOC1.C[Si](C)(C)c1ccc([CH-][N-]c2ccccc2)cc1.[CH]1[CH][CH][CH][CH]1.[CH]1[CH][CH][CH][CH]1.[Zr+2]. The van der Waals surface area contributed by atoms with Crippen molar-refractivity contribution in [1.29, 1.82) is 0 Å². The molecule has 5 rings (SSSR count). The second-order valence-electron chi connectivity index (χ2n) is 8.71. The Morgan fingerprint density at radius 3 is 1.44 bits per heavy atom. The number of hydrogen-bond acceptors (Lipinski definition) is 1. The first-order chi connectivity index (χ1) is 16.1. The molecule has 2 aromatic carbocycles. The predicted octanol–water partition coefficient (Wildman–Crippen LogP) is 7.28. The quantitative estimate of drug-likeness (QED) is 0.292. The van der Waals surface area contributed by atoms with Crippen LogP contribution < -0.4 is 5.19 Å². The van der Waals surface area contributed by atoms with Gasteiger partial charge >= 0.3 is 26.2 Å². The maximum Gasteiger partial charge on any atom is 2.00 e. The van der Waals surface area contributed by atoms with Crippen LogP contribution in [0.3, 0.4) is 0 Å². The maximum absolute atomic E-state index is 4.94. The van der Waals surface area contributed by atoms with E-state index in [1.807, 2.05) is 101 Å². The molecule has 0 N–H and O–H groups in total. The standard InChI is InChI=1S/C16H19NSi.2C5H5.C4H8O.Zr/c1-18(2,3)16-11-9-14(10-12-16)13-17-15-7-5-4-6-8-15;3*1-2-4-5-3-1;/h4-13H,1-3H3;2*1-5H;1-4H2;/q-2;;;;+2. The number of hydrogen-bond donors (Lipinski definition) is 0. The zero-order valence-electron chi connectivity index (χ0n) is 20.7. The molecule has 0 bridgehead atoms. The van der Waals surface area contributed by atoms with Crippen LogP contribution in [0.15, 0.2) is 54.6 Å². The summed E-state index contributed by atoms with van der Waals surface area (Å²) in [6.45, 7) is 11.0. The van der Waals surface area contributed by atoms with Gasteiger partial charge in [0.05, 0.1) is 8.07 Å². The van der Waals surface area contributed by atoms with Crippen molar-refractivity contribution in [3.63, 3.8) is 0 Å². The third-order valence-electron chi connectivity index (χ3n) is 4.83. The minimum atomic E-state index is -1.19. The fraction of sp³-hybridized carbons (Fsp3) is 0.233. The maximum atomic E-state index is 4.94. The zero-order chi connectivity index (χ0) is 23.6. The van der Waals surface area contributed by atoms with Gasteiger partial charge in [-0.15, -0.1) is 17.8 Å². The molecule has 2 saturated carbocycles. The number of benzene rings is 2. The van der Waals surface area contributed by atoms with Gasteiger partial charge in [-0.25, -0.2) is 5.56 Å². The largest absolute Gasteiger partial charge is 2.00 e. The van der Waals surface area contributed by atoms with Gasteiger partial charge in [-0.05, 0) is 77.0 Å². The number of rotatable bonds is 4. The van der Waals surface area contributed by atoms with E-state index < -0.39 is 8.07 Å². The summed E-state index contributed by atoms with van der Waals surface area (Å²) in [5.74, 6) is 0. The molecule has 2 nitrogen and oxygen atoms in total. The number of ether oxygens (including phenoxy) is 1. The van der Waals surface area contributed by atoms with E-state index in [0.717, 1.165) is 24.5 Å². The fourth-order valence-corrected chi connectivity index (χ4v) is 4.05. The van der Waals surface area contributed by atoms with Crippen molar-refractivity contribution in [3.8, 4) is 0 Å². The molecule has 0 atom stereocenters. The molecule has 10 radical (unpaired) electrons. The molecular formula is C30H37NOSiZr. The Bertz CT molecular complexity index is 656. The molecule has 3 fully saturated rings. The van der Waals surface area contributed by atoms with Crippen LogP contribution in [-0.2, 0) is 30.9 Å². The van der Waals surface area contributed by atoms with Gasteiger partial charge in [0.2, 0.25) is 0 Å². The Morgan fingerprint density at radius 2 is 1.09 bits per heavy atom. The van der Waals surface area contributed by atoms with Crippen molar-refractivity contribution in [2.75, 3.05) is 13.2 Å². The van der Waals surface area contributed by atoms with E-state index in [1.165, 1.54) is 18.0 Å². The van der Waals surface area contributed by atoms with Crippen molar-refractivity contribution in [2.45, 2.75) is 32.5 Å². The molecule has 2 aliphatic carbocycles. The zero-order valence-corrected chi connectivity index (χ0v) is 24.2. The van der Waals surface area contributed by atoms with Crippen molar-refractivity contribution < 1.29 is 30.9 Å². The van der Waals surface area contributed by atoms with E-state index in [-0.39, 0.29) is 26.2 Å². The summed E-state index contributed by atoms with van der Waals surface area (Å²) in [5.41, 5.74) is 2.15. The Hall–Kier alpha value is -0.830. The van der Waals surface area contributed by atoms with Crippen molar-refractivity contribution >= 4 is 18.9 Å². The molecule has 0 unspecified atom stereocenters. The summed E-state index contributed by atoms with van der Waals surface area (Å²) in [6, 6.07) is 18.8. The van der Waals surface area contributed by atoms with Gasteiger partial charge in [0.15, 0.2) is 0 Å². The van der Waals surface area contributed by atoms with Crippen LogP contribution in [0.2, 0.25) is 19.6 Å². The van der Waals surface area contributed by atoms with Gasteiger partial charge in [0.1, 0.15) is 0 Å². The van der Waals surface area contributed by atoms with Crippen LogP contribution in [-0.4, -0.2) is 21.3 Å². The van der Waals surface area contributed by atoms with E-state index in [2.05, 4.69) is 49.2 Å². The molecule has 4 heteroatoms. The Morgan fingerprint density at radius 1 is 0.647 bits per heavy atom. The molecule has 0 aromatic heterocycles. The molecular weight excluding hydrogens is 510 g/mol. The normalized spacial score (nSPS) is 16.4. The van der Waals surface area contributed by atoms with E-state index in [9.17, 15) is 0 Å². The van der Waals surface area contributed by atoms with Gasteiger partial charge in [-0.3, -0.25) is 6.54 Å². The van der Waals surface area contributed by atoms with Crippen LogP contribution >= 0.6 is 0 Å². The predicted molar refractivity (Wildman–Crippen MR) is 145 cm³/mol. The fourth-order valence-electron chi connectivity index (χ4n) is 2.88. The van der Waals surface area contributed by atoms with Crippen molar-refractivity contribution in [3.05, 3.63) is 136 Å². The van der Waals surface area contributed by atoms with Gasteiger partial charge in [0, 0.05) is 13.2 Å². The van der Waals surface area contributed by atoms with Crippen LogP contribution in [0, 0.1) is 70.8 Å². The van der Waals surface area contributed by atoms with E-state index in [1.54, 1.807) is 0 Å². The third kappa shape index (κ3) is 15.2. The summed E-state index contributed by atoms with van der Waals surface area (Å²) in [7, 11) is -1.19. The molecule has 3 aliphatic rings. The van der Waals surface area contributed by atoms with Gasteiger partial charge in [0.25, 0.3) is 0 Å². The molecule has 1 heterocycles. The monoisotopic (exact) mass is 545 g/mol. The number of para-hydroxylation sites is 1.